The Bertz CT molecular complexity index is 526. The van der Waals surface area contributed by atoms with Crippen LogP contribution >= 0.6 is 0 Å². The molecule has 0 aliphatic rings. The largest absolute Gasteiger partial charge is 0.482 e. The third-order valence-corrected chi connectivity index (χ3v) is 2.01. The van der Waals surface area contributed by atoms with Crippen LogP contribution in [0.2, 0.25) is 0 Å². The first-order valence-corrected chi connectivity index (χ1v) is 4.37. The number of hydrogen-bond acceptors (Lipinski definition) is 3. The molecule has 2 rings (SSSR count). The first-order chi connectivity index (χ1) is 7.35. The van der Waals surface area contributed by atoms with Crippen LogP contribution in [0.25, 0.3) is 16.1 Å². The van der Waals surface area contributed by atoms with Gasteiger partial charge in [-0.15, -0.1) is 0 Å². The van der Waals surface area contributed by atoms with E-state index in [1.165, 1.54) is 0 Å². The number of fused-ring (bicyclic) bond motifs is 1. The maximum atomic E-state index is 8.20. The highest BCUT2D eigenvalue weighted by Crippen LogP contribution is 2.15. The summed E-state index contributed by atoms with van der Waals surface area (Å²) in [6, 6.07) is 5.56. The summed E-state index contributed by atoms with van der Waals surface area (Å²) in [6.07, 6.45) is 1.79. The second-order valence-electron chi connectivity index (χ2n) is 2.92. The van der Waals surface area contributed by atoms with Gasteiger partial charge >= 0.3 is 0 Å². The molecular weight excluding hydrogens is 194 g/mol. The molecule has 6 nitrogen and oxygen atoms in total. The molecule has 2 heterocycles. The minimum Gasteiger partial charge on any atom is -0.482 e. The molecule has 0 fully saturated rings. The Morgan fingerprint density at radius 2 is 2.47 bits per heavy atom. The van der Waals surface area contributed by atoms with Gasteiger partial charge in [0.15, 0.2) is 5.88 Å². The van der Waals surface area contributed by atoms with Crippen LogP contribution in [0.3, 0.4) is 0 Å². The monoisotopic (exact) mass is 203 g/mol. The number of methoxy groups -OCH3 is 1. The summed E-state index contributed by atoms with van der Waals surface area (Å²) in [4.78, 5) is 6.97. The van der Waals surface area contributed by atoms with E-state index in [2.05, 4.69) is 15.0 Å². The molecule has 0 bridgehead atoms. The van der Waals surface area contributed by atoms with Crippen molar-refractivity contribution in [2.45, 2.75) is 6.54 Å². The Labute approximate surface area is 85.7 Å². The Balaban J connectivity index is 2.49. The summed E-state index contributed by atoms with van der Waals surface area (Å²) in [7, 11) is 1.60. The fraction of sp³-hybridized carbons (Fsp3) is 0.222. The van der Waals surface area contributed by atoms with E-state index in [-0.39, 0.29) is 6.54 Å². The standard InChI is InChI=1S/C9H9N5O/c1-15-9-4-2-3-8-12-7(5-11-13-10)6-14(8)9/h2-4,6H,5H2,1H3. The van der Waals surface area contributed by atoms with E-state index < -0.39 is 0 Å². The molecule has 0 spiro atoms. The van der Waals surface area contributed by atoms with Gasteiger partial charge in [0.1, 0.15) is 5.65 Å². The maximum absolute atomic E-state index is 8.20. The number of aromatic nitrogens is 2. The average molecular weight is 203 g/mol. The van der Waals surface area contributed by atoms with Crippen LogP contribution in [0.1, 0.15) is 5.69 Å². The highest BCUT2D eigenvalue weighted by molar-refractivity contribution is 5.43. The zero-order valence-corrected chi connectivity index (χ0v) is 8.16. The lowest BCUT2D eigenvalue weighted by atomic mass is 10.4. The van der Waals surface area contributed by atoms with Gasteiger partial charge in [-0.25, -0.2) is 4.98 Å². The van der Waals surface area contributed by atoms with Crippen LogP contribution in [0.4, 0.5) is 0 Å². The van der Waals surface area contributed by atoms with Crippen LogP contribution in [0.15, 0.2) is 29.5 Å². The highest BCUT2D eigenvalue weighted by atomic mass is 16.5. The number of ether oxygens (including phenoxy) is 1. The summed E-state index contributed by atoms with van der Waals surface area (Å²) >= 11 is 0. The van der Waals surface area contributed by atoms with Crippen LogP contribution in [-0.4, -0.2) is 16.5 Å². The summed E-state index contributed by atoms with van der Waals surface area (Å²) in [5.74, 6) is 0.701. The van der Waals surface area contributed by atoms with Crippen molar-refractivity contribution >= 4 is 5.65 Å². The van der Waals surface area contributed by atoms with E-state index in [9.17, 15) is 0 Å². The lowest BCUT2D eigenvalue weighted by molar-refractivity contribution is 0.392. The Kier molecular flexibility index (Phi) is 2.43. The van der Waals surface area contributed by atoms with Crippen molar-refractivity contribution in [1.29, 1.82) is 0 Å². The second-order valence-corrected chi connectivity index (χ2v) is 2.92. The smallest absolute Gasteiger partial charge is 0.198 e. The quantitative estimate of drug-likeness (QED) is 0.435. The molecule has 0 aliphatic heterocycles. The second kappa shape index (κ2) is 3.89. The molecule has 15 heavy (non-hydrogen) atoms. The van der Waals surface area contributed by atoms with Crippen molar-refractivity contribution in [3.05, 3.63) is 40.5 Å². The van der Waals surface area contributed by atoms with Gasteiger partial charge in [0.2, 0.25) is 0 Å². The third kappa shape index (κ3) is 1.70. The van der Waals surface area contributed by atoms with Gasteiger partial charge in [-0.3, -0.25) is 4.40 Å². The maximum Gasteiger partial charge on any atom is 0.198 e. The van der Waals surface area contributed by atoms with E-state index in [0.717, 1.165) is 11.3 Å². The van der Waals surface area contributed by atoms with Crippen molar-refractivity contribution in [3.63, 3.8) is 0 Å². The molecule has 0 saturated heterocycles. The summed E-state index contributed by atoms with van der Waals surface area (Å²) in [5, 5.41) is 3.46. The van der Waals surface area contributed by atoms with E-state index in [1.807, 2.05) is 22.6 Å². The fourth-order valence-electron chi connectivity index (χ4n) is 1.38. The van der Waals surface area contributed by atoms with E-state index >= 15 is 0 Å². The number of azide groups is 1. The molecule has 76 valence electrons. The molecular formula is C9H9N5O. The SMILES string of the molecule is COc1cccc2nc(CN=[N+]=[N-])cn12. The number of hydrogen-bond donors (Lipinski definition) is 0. The van der Waals surface area contributed by atoms with E-state index in [1.54, 1.807) is 13.3 Å². The number of imidazole rings is 1. The van der Waals surface area contributed by atoms with Crippen LogP contribution in [0.5, 0.6) is 5.88 Å². The predicted octanol–water partition coefficient (Wildman–Crippen LogP) is 2.15. The zero-order chi connectivity index (χ0) is 10.7. The van der Waals surface area contributed by atoms with Crippen LogP contribution < -0.4 is 4.74 Å². The minimum atomic E-state index is 0.251. The lowest BCUT2D eigenvalue weighted by Gasteiger charge is -2.01. The molecule has 2 aromatic rings. The normalized spacial score (nSPS) is 9.93. The van der Waals surface area contributed by atoms with Crippen molar-refractivity contribution < 1.29 is 4.74 Å². The number of pyridine rings is 1. The van der Waals surface area contributed by atoms with Gasteiger partial charge in [0.25, 0.3) is 0 Å². The van der Waals surface area contributed by atoms with E-state index in [4.69, 9.17) is 10.3 Å². The molecule has 0 amide bonds. The van der Waals surface area contributed by atoms with Crippen molar-refractivity contribution in [2.75, 3.05) is 7.11 Å². The van der Waals surface area contributed by atoms with Gasteiger partial charge in [0, 0.05) is 11.1 Å². The Morgan fingerprint density at radius 3 is 3.20 bits per heavy atom. The first-order valence-electron chi connectivity index (χ1n) is 4.37. The molecule has 0 atom stereocenters. The topological polar surface area (TPSA) is 75.3 Å². The summed E-state index contributed by atoms with van der Waals surface area (Å²) in [6.45, 7) is 0.251. The summed E-state index contributed by atoms with van der Waals surface area (Å²) in [5.41, 5.74) is 9.70. The highest BCUT2D eigenvalue weighted by Gasteiger charge is 2.03. The first kappa shape index (κ1) is 9.36. The van der Waals surface area contributed by atoms with Gasteiger partial charge in [-0.1, -0.05) is 11.2 Å². The van der Waals surface area contributed by atoms with Crippen molar-refractivity contribution in [1.82, 2.24) is 9.38 Å². The molecule has 0 radical (unpaired) electrons. The number of nitrogens with zero attached hydrogens (tertiary/aromatic N) is 5. The van der Waals surface area contributed by atoms with Gasteiger partial charge in [-0.2, -0.15) is 0 Å². The van der Waals surface area contributed by atoms with Crippen molar-refractivity contribution in [2.24, 2.45) is 5.11 Å². The predicted molar refractivity (Wildman–Crippen MR) is 54.6 cm³/mol. The van der Waals surface area contributed by atoms with Crippen LogP contribution in [0, 0.1) is 0 Å². The molecule has 0 N–H and O–H groups in total. The van der Waals surface area contributed by atoms with Crippen LogP contribution in [-0.2, 0) is 6.54 Å². The van der Waals surface area contributed by atoms with Gasteiger partial charge < -0.3 is 4.74 Å². The molecule has 0 unspecified atom stereocenters. The Morgan fingerprint density at radius 1 is 1.60 bits per heavy atom. The molecule has 0 saturated carbocycles. The average Bonchev–Trinajstić information content (AvgIpc) is 2.68. The lowest BCUT2D eigenvalue weighted by Crippen LogP contribution is -1.91. The molecule has 6 heteroatoms. The van der Waals surface area contributed by atoms with Gasteiger partial charge in [-0.05, 0) is 17.7 Å². The van der Waals surface area contributed by atoms with Gasteiger partial charge in [0.05, 0.1) is 19.3 Å². The molecule has 0 aromatic carbocycles. The van der Waals surface area contributed by atoms with E-state index in [0.29, 0.717) is 5.88 Å². The molecule has 0 aliphatic carbocycles. The molecule has 2 aromatic heterocycles. The zero-order valence-electron chi connectivity index (χ0n) is 8.16. The number of rotatable bonds is 3. The fourth-order valence-corrected chi connectivity index (χ4v) is 1.38. The van der Waals surface area contributed by atoms with Crippen molar-refractivity contribution in [3.8, 4) is 5.88 Å². The third-order valence-electron chi connectivity index (χ3n) is 2.01. The minimum absolute atomic E-state index is 0.251. The summed E-state index contributed by atoms with van der Waals surface area (Å²) < 4.78 is 6.97. The Hall–Kier alpha value is -2.20.